The topological polar surface area (TPSA) is 121 Å². The minimum atomic E-state index is -3.05. The van der Waals surface area contributed by atoms with Crippen molar-refractivity contribution < 1.29 is 41.8 Å². The third-order valence-corrected chi connectivity index (χ3v) is 12.0. The van der Waals surface area contributed by atoms with Crippen LogP contribution in [0.1, 0.15) is 108 Å². The summed E-state index contributed by atoms with van der Waals surface area (Å²) in [6.45, 7) is 0.431. The molecule has 310 valence electrons. The van der Waals surface area contributed by atoms with E-state index in [-0.39, 0.29) is 64.2 Å². The van der Waals surface area contributed by atoms with Gasteiger partial charge in [-0.05, 0) is 118 Å². The summed E-state index contributed by atoms with van der Waals surface area (Å²) in [4.78, 5) is 60.9. The molecule has 1 aromatic heterocycles. The van der Waals surface area contributed by atoms with Crippen LogP contribution in [0.4, 0.5) is 18.9 Å². The largest absolute Gasteiger partial charge is 0.489 e. The molecule has 1 saturated carbocycles. The van der Waals surface area contributed by atoms with Crippen molar-refractivity contribution in [2.24, 2.45) is 5.92 Å². The van der Waals surface area contributed by atoms with Gasteiger partial charge in [0.15, 0.2) is 11.5 Å². The maximum atomic E-state index is 14.8. The number of nitrogens with zero attached hydrogens (tertiary/aromatic N) is 4. The molecule has 3 aliphatic heterocycles. The van der Waals surface area contributed by atoms with E-state index < -0.39 is 30.3 Å². The normalized spacial score (nSPS) is 18.8. The van der Waals surface area contributed by atoms with E-state index in [1.807, 2.05) is 0 Å². The number of anilines is 1. The van der Waals surface area contributed by atoms with Gasteiger partial charge in [0.05, 0.1) is 22.3 Å². The number of halogens is 5. The molecule has 58 heavy (non-hydrogen) atoms. The lowest BCUT2D eigenvalue weighted by Gasteiger charge is -2.33. The molecule has 7 rings (SSSR count). The molecular weight excluding hydrogens is 798 g/mol. The second-order valence-electron chi connectivity index (χ2n) is 15.5. The first-order chi connectivity index (χ1) is 28.0. The Hall–Kier alpha value is -4.40. The van der Waals surface area contributed by atoms with Crippen molar-refractivity contribution in [1.82, 2.24) is 20.1 Å². The maximum absolute atomic E-state index is 14.8. The van der Waals surface area contributed by atoms with Crippen molar-refractivity contribution in [3.05, 3.63) is 80.8 Å². The van der Waals surface area contributed by atoms with Gasteiger partial charge >= 0.3 is 6.61 Å². The fourth-order valence-electron chi connectivity index (χ4n) is 8.19. The number of hydrogen-bond acceptors (Lipinski definition) is 8. The lowest BCUT2D eigenvalue weighted by atomic mass is 9.85. The number of rotatable bonds is 17. The van der Waals surface area contributed by atoms with Gasteiger partial charge in [-0.3, -0.25) is 29.5 Å². The number of alkyl halides is 2. The number of pyridine rings is 1. The van der Waals surface area contributed by atoms with Crippen LogP contribution in [0.25, 0.3) is 0 Å². The zero-order valence-electron chi connectivity index (χ0n) is 32.0. The number of carbonyl (C=O) groups excluding carboxylic acids is 4. The smallest absolute Gasteiger partial charge is 0.387 e. The van der Waals surface area contributed by atoms with Gasteiger partial charge in [-0.1, -0.05) is 42.5 Å². The Balaban J connectivity index is 0.893. The van der Waals surface area contributed by atoms with Gasteiger partial charge < -0.3 is 24.2 Å². The number of aromatic nitrogens is 1. The Kier molecular flexibility index (Phi) is 13.4. The molecule has 11 nitrogen and oxygen atoms in total. The first kappa shape index (κ1) is 41.7. The number of hydrogen-bond donors (Lipinski definition) is 1. The third-order valence-electron chi connectivity index (χ3n) is 11.5. The van der Waals surface area contributed by atoms with Crippen LogP contribution in [0.3, 0.4) is 0 Å². The summed E-state index contributed by atoms with van der Waals surface area (Å²) in [6, 6.07) is 6.21. The highest BCUT2D eigenvalue weighted by Gasteiger charge is 2.41. The molecule has 3 fully saturated rings. The molecule has 1 N–H and O–H groups in total. The van der Waals surface area contributed by atoms with E-state index in [9.17, 15) is 32.3 Å². The van der Waals surface area contributed by atoms with E-state index in [1.165, 1.54) is 52.5 Å². The van der Waals surface area contributed by atoms with Crippen molar-refractivity contribution >= 4 is 52.5 Å². The van der Waals surface area contributed by atoms with Crippen LogP contribution in [0, 0.1) is 11.7 Å². The van der Waals surface area contributed by atoms with Crippen LogP contribution < -0.4 is 19.7 Å². The molecule has 1 atom stereocenters. The van der Waals surface area contributed by atoms with Crippen LogP contribution >= 0.6 is 23.2 Å². The number of carbonyl (C=O) groups is 4. The Morgan fingerprint density at radius 3 is 2.36 bits per heavy atom. The predicted octanol–water partition coefficient (Wildman–Crippen LogP) is 8.16. The number of nitrogens with one attached hydrogen (secondary N) is 1. The minimum Gasteiger partial charge on any atom is -0.489 e. The second kappa shape index (κ2) is 18.7. The highest BCUT2D eigenvalue weighted by atomic mass is 35.5. The molecule has 1 unspecified atom stereocenters. The van der Waals surface area contributed by atoms with Gasteiger partial charge in [0, 0.05) is 43.0 Å². The molecule has 0 spiro atoms. The number of ether oxygens (including phenoxy) is 2. The summed E-state index contributed by atoms with van der Waals surface area (Å²) in [7, 11) is 0. The molecule has 1 aliphatic carbocycles. The number of benzene rings is 2. The average molecular weight is 845 g/mol. The van der Waals surface area contributed by atoms with Gasteiger partial charge in [-0.2, -0.15) is 8.78 Å². The number of amides is 4. The Morgan fingerprint density at radius 2 is 1.66 bits per heavy atom. The summed E-state index contributed by atoms with van der Waals surface area (Å²) in [6.07, 6.45) is 11.3. The van der Waals surface area contributed by atoms with Crippen LogP contribution in [0.5, 0.6) is 11.5 Å². The van der Waals surface area contributed by atoms with Gasteiger partial charge in [-0.25, -0.2) is 4.39 Å². The summed E-state index contributed by atoms with van der Waals surface area (Å²) < 4.78 is 51.6. The van der Waals surface area contributed by atoms with E-state index in [0.717, 1.165) is 82.1 Å². The van der Waals surface area contributed by atoms with Crippen LogP contribution in [-0.4, -0.2) is 83.9 Å². The van der Waals surface area contributed by atoms with Crippen molar-refractivity contribution in [3.8, 4) is 11.5 Å². The molecule has 4 amide bonds. The molecule has 0 bridgehead atoms. The van der Waals surface area contributed by atoms with E-state index in [4.69, 9.17) is 27.9 Å². The first-order valence-electron chi connectivity index (χ1n) is 20.0. The molecule has 3 aromatic rings. The Bertz CT molecular complexity index is 2010. The van der Waals surface area contributed by atoms with Gasteiger partial charge in [0.25, 0.3) is 11.8 Å². The maximum Gasteiger partial charge on any atom is 0.387 e. The van der Waals surface area contributed by atoms with E-state index in [1.54, 1.807) is 0 Å². The third kappa shape index (κ3) is 9.89. The highest BCUT2D eigenvalue weighted by Crippen LogP contribution is 2.39. The highest BCUT2D eigenvalue weighted by molar-refractivity contribution is 6.40. The van der Waals surface area contributed by atoms with E-state index in [2.05, 4.69) is 19.9 Å². The zero-order valence-corrected chi connectivity index (χ0v) is 33.5. The lowest BCUT2D eigenvalue weighted by Crippen LogP contribution is -2.52. The molecule has 2 aromatic carbocycles. The SMILES string of the molecule is O=C1CCC(N2Cc3c(cc(F)cc3C3CCN(CCCCCCCN(C(=O)c4ccc(OC(F)F)c(OCC5CC5)c4)c4c(Cl)cncc4Cl)CC3)C2=O)C(=O)N1. The van der Waals surface area contributed by atoms with E-state index in [0.29, 0.717) is 36.7 Å². The van der Waals surface area contributed by atoms with Crippen LogP contribution in [0.15, 0.2) is 42.7 Å². The number of fused-ring (bicyclic) bond motifs is 1. The second-order valence-corrected chi connectivity index (χ2v) is 16.3. The Labute approximate surface area is 345 Å². The monoisotopic (exact) mass is 843 g/mol. The average Bonchev–Trinajstić information content (AvgIpc) is 3.97. The molecule has 16 heteroatoms. The van der Waals surface area contributed by atoms with Gasteiger partial charge in [0.1, 0.15) is 11.9 Å². The number of unbranched alkanes of at least 4 members (excludes halogenated alkanes) is 4. The summed E-state index contributed by atoms with van der Waals surface area (Å²) >= 11 is 13.0. The summed E-state index contributed by atoms with van der Waals surface area (Å²) in [5.41, 5.74) is 2.45. The lowest BCUT2D eigenvalue weighted by molar-refractivity contribution is -0.136. The Morgan fingerprint density at radius 1 is 0.931 bits per heavy atom. The zero-order chi connectivity index (χ0) is 40.9. The van der Waals surface area contributed by atoms with Crippen molar-refractivity contribution in [2.45, 2.75) is 95.7 Å². The fourth-order valence-corrected chi connectivity index (χ4v) is 8.76. The molecule has 4 heterocycles. The molecule has 4 aliphatic rings. The standard InChI is InChI=1S/C42H46Cl2F3N5O6/c43-32-21-48-22-33(44)38(32)51(40(55)27-8-10-35(58-42(46)47)36(18-27)57-24-25-6-7-25)15-5-3-1-2-4-14-50-16-12-26(13-17-50)29-19-28(45)20-30-31(29)23-52(41(30)56)34-9-11-37(53)49-39(34)54/h8,10,18-22,25-26,34,42H,1-7,9,11-17,23-24H2,(H,49,53,54). The van der Waals surface area contributed by atoms with Crippen molar-refractivity contribution in [1.29, 1.82) is 0 Å². The van der Waals surface area contributed by atoms with Gasteiger partial charge in [0.2, 0.25) is 11.8 Å². The van der Waals surface area contributed by atoms with E-state index >= 15 is 0 Å². The molecular formula is C42H46Cl2F3N5O6. The minimum absolute atomic E-state index is 0.0708. The first-order valence-corrected chi connectivity index (χ1v) is 20.7. The van der Waals surface area contributed by atoms with Crippen molar-refractivity contribution in [2.75, 3.05) is 37.7 Å². The quantitative estimate of drug-likeness (QED) is 0.107. The molecule has 2 saturated heterocycles. The summed E-state index contributed by atoms with van der Waals surface area (Å²) in [5, 5.41) is 2.73. The number of imide groups is 1. The summed E-state index contributed by atoms with van der Waals surface area (Å²) in [5.74, 6) is -1.72. The molecule has 0 radical (unpaired) electrons. The number of likely N-dealkylation sites (tertiary alicyclic amines) is 1. The van der Waals surface area contributed by atoms with Gasteiger partial charge in [-0.15, -0.1) is 0 Å². The van der Waals surface area contributed by atoms with Crippen LogP contribution in [-0.2, 0) is 16.1 Å². The predicted molar refractivity (Wildman–Crippen MR) is 211 cm³/mol. The number of piperidine rings is 2. The fraction of sp³-hybridized carbons (Fsp3) is 0.500. The van der Waals surface area contributed by atoms with Crippen molar-refractivity contribution in [3.63, 3.8) is 0 Å². The van der Waals surface area contributed by atoms with Crippen LogP contribution in [0.2, 0.25) is 10.0 Å².